The van der Waals surface area contributed by atoms with E-state index >= 15 is 0 Å². The van der Waals surface area contributed by atoms with Crippen molar-refractivity contribution in [3.63, 3.8) is 0 Å². The topological polar surface area (TPSA) is 58.2 Å². The van der Waals surface area contributed by atoms with Crippen LogP contribution in [0.3, 0.4) is 0 Å². The molecule has 4 heteroatoms. The lowest BCUT2D eigenvalue weighted by Crippen LogP contribution is -2.42. The van der Waals surface area contributed by atoms with Crippen LogP contribution in [0.4, 0.5) is 0 Å². The summed E-state index contributed by atoms with van der Waals surface area (Å²) in [5.74, 6) is -0.657. The van der Waals surface area contributed by atoms with Crippen LogP contribution in [0.25, 0.3) is 0 Å². The maximum absolute atomic E-state index is 12.0. The molecule has 0 fully saturated rings. The summed E-state index contributed by atoms with van der Waals surface area (Å²) < 4.78 is 0. The molecular weight excluding hydrogens is 252 g/mol. The fourth-order valence-corrected chi connectivity index (χ4v) is 1.90. The fourth-order valence-electron chi connectivity index (χ4n) is 1.90. The molecule has 20 heavy (non-hydrogen) atoms. The molecule has 2 N–H and O–H groups in total. The quantitative estimate of drug-likeness (QED) is 0.822. The van der Waals surface area contributed by atoms with Crippen LogP contribution in [0.1, 0.15) is 31.8 Å². The molecule has 4 nitrogen and oxygen atoms in total. The molecule has 0 aliphatic rings. The van der Waals surface area contributed by atoms with Crippen molar-refractivity contribution in [2.45, 2.75) is 13.8 Å². The van der Waals surface area contributed by atoms with Crippen molar-refractivity contribution >= 4 is 11.8 Å². The summed E-state index contributed by atoms with van der Waals surface area (Å²) in [5.41, 5.74) is 7.65. The summed E-state index contributed by atoms with van der Waals surface area (Å²) in [6.45, 7) is 3.69. The predicted octanol–water partition coefficient (Wildman–Crippen LogP) is 2.38. The number of rotatable bonds is 2. The Hall–Kier alpha value is -2.62. The van der Waals surface area contributed by atoms with E-state index in [1.54, 1.807) is 24.3 Å². The van der Waals surface area contributed by atoms with Crippen LogP contribution < -0.4 is 10.9 Å². The molecule has 2 aromatic rings. The van der Waals surface area contributed by atoms with Gasteiger partial charge < -0.3 is 0 Å². The molecule has 0 atom stereocenters. The molecule has 0 spiro atoms. The summed E-state index contributed by atoms with van der Waals surface area (Å²) in [5, 5.41) is 0. The lowest BCUT2D eigenvalue weighted by Gasteiger charge is -2.10. The minimum absolute atomic E-state index is 0.329. The summed E-state index contributed by atoms with van der Waals surface area (Å²) >= 11 is 0. The highest BCUT2D eigenvalue weighted by Gasteiger charge is 2.11. The van der Waals surface area contributed by atoms with Crippen molar-refractivity contribution in [1.82, 2.24) is 10.9 Å². The number of hydrazine groups is 1. The number of hydrogen-bond donors (Lipinski definition) is 2. The molecule has 2 aromatic carbocycles. The second kappa shape index (κ2) is 6.02. The zero-order valence-corrected chi connectivity index (χ0v) is 11.4. The van der Waals surface area contributed by atoms with E-state index < -0.39 is 0 Å². The van der Waals surface area contributed by atoms with Crippen molar-refractivity contribution in [2.75, 3.05) is 0 Å². The molecular formula is C16H16N2O2. The average Bonchev–Trinajstić information content (AvgIpc) is 2.45. The van der Waals surface area contributed by atoms with Crippen LogP contribution in [-0.2, 0) is 0 Å². The van der Waals surface area contributed by atoms with Gasteiger partial charge in [-0.15, -0.1) is 0 Å². The largest absolute Gasteiger partial charge is 0.269 e. The third kappa shape index (κ3) is 3.03. The summed E-state index contributed by atoms with van der Waals surface area (Å²) in [4.78, 5) is 23.9. The number of carbonyl (C=O) groups excluding carboxylic acids is 2. The normalized spacial score (nSPS) is 9.90. The molecule has 0 unspecified atom stereocenters. The van der Waals surface area contributed by atoms with Crippen LogP contribution in [-0.4, -0.2) is 11.8 Å². The standard InChI is InChI=1S/C16H16N2O2/c1-11-7-3-5-9-13(11)15(19)17-18-16(20)14-10-6-4-8-12(14)2/h3-10H,1-2H3,(H,17,19)(H,18,20). The van der Waals surface area contributed by atoms with Gasteiger partial charge in [0, 0.05) is 11.1 Å². The van der Waals surface area contributed by atoms with Crippen LogP contribution >= 0.6 is 0 Å². The Morgan fingerprint density at radius 3 is 1.40 bits per heavy atom. The van der Waals surface area contributed by atoms with E-state index in [-0.39, 0.29) is 11.8 Å². The number of aryl methyl sites for hydroxylation is 2. The molecule has 2 amide bonds. The van der Waals surface area contributed by atoms with E-state index in [9.17, 15) is 9.59 Å². The van der Waals surface area contributed by atoms with Gasteiger partial charge in [-0.25, -0.2) is 0 Å². The SMILES string of the molecule is Cc1ccccc1C(=O)NNC(=O)c1ccccc1C. The van der Waals surface area contributed by atoms with Gasteiger partial charge in [0.25, 0.3) is 11.8 Å². The zero-order chi connectivity index (χ0) is 14.5. The fraction of sp³-hybridized carbons (Fsp3) is 0.125. The molecule has 0 aromatic heterocycles. The first-order chi connectivity index (χ1) is 9.59. The Balaban J connectivity index is 2.03. The smallest absolute Gasteiger partial charge is 0.267 e. The highest BCUT2D eigenvalue weighted by Crippen LogP contribution is 2.07. The van der Waals surface area contributed by atoms with E-state index in [2.05, 4.69) is 10.9 Å². The number of benzene rings is 2. The summed E-state index contributed by atoms with van der Waals surface area (Å²) in [6, 6.07) is 14.4. The number of amides is 2. The Kier molecular flexibility index (Phi) is 4.15. The minimum Gasteiger partial charge on any atom is -0.267 e. The van der Waals surface area contributed by atoms with Gasteiger partial charge in [0.05, 0.1) is 0 Å². The lowest BCUT2D eigenvalue weighted by atomic mass is 10.1. The van der Waals surface area contributed by atoms with Gasteiger partial charge in [-0.3, -0.25) is 20.4 Å². The summed E-state index contributed by atoms with van der Waals surface area (Å²) in [6.07, 6.45) is 0. The minimum atomic E-state index is -0.329. The molecule has 0 aliphatic heterocycles. The predicted molar refractivity (Wildman–Crippen MR) is 77.3 cm³/mol. The Bertz CT molecular complexity index is 593. The first kappa shape index (κ1) is 13.8. The number of carbonyl (C=O) groups is 2. The molecule has 0 radical (unpaired) electrons. The third-order valence-electron chi connectivity index (χ3n) is 3.07. The molecule has 0 saturated carbocycles. The van der Waals surface area contributed by atoms with Gasteiger partial charge >= 0.3 is 0 Å². The van der Waals surface area contributed by atoms with Crippen LogP contribution in [0.2, 0.25) is 0 Å². The van der Waals surface area contributed by atoms with Crippen LogP contribution in [0.15, 0.2) is 48.5 Å². The first-order valence-electron chi connectivity index (χ1n) is 6.31. The van der Waals surface area contributed by atoms with Crippen molar-refractivity contribution < 1.29 is 9.59 Å². The molecule has 0 saturated heterocycles. The van der Waals surface area contributed by atoms with Crippen molar-refractivity contribution in [1.29, 1.82) is 0 Å². The van der Waals surface area contributed by atoms with E-state index in [4.69, 9.17) is 0 Å². The molecule has 2 rings (SSSR count). The second-order valence-electron chi connectivity index (χ2n) is 4.54. The molecule has 0 heterocycles. The van der Waals surface area contributed by atoms with Crippen LogP contribution in [0.5, 0.6) is 0 Å². The van der Waals surface area contributed by atoms with Gasteiger partial charge in [-0.2, -0.15) is 0 Å². The van der Waals surface area contributed by atoms with Crippen molar-refractivity contribution in [3.05, 3.63) is 70.8 Å². The number of hydrogen-bond acceptors (Lipinski definition) is 2. The number of nitrogens with one attached hydrogen (secondary N) is 2. The Morgan fingerprint density at radius 2 is 1.05 bits per heavy atom. The van der Waals surface area contributed by atoms with Gasteiger partial charge in [0.15, 0.2) is 0 Å². The van der Waals surface area contributed by atoms with Gasteiger partial charge in [0.2, 0.25) is 0 Å². The highest BCUT2D eigenvalue weighted by atomic mass is 16.2. The first-order valence-corrected chi connectivity index (χ1v) is 6.31. The molecule has 0 aliphatic carbocycles. The summed E-state index contributed by atoms with van der Waals surface area (Å²) in [7, 11) is 0. The maximum Gasteiger partial charge on any atom is 0.269 e. The van der Waals surface area contributed by atoms with Gasteiger partial charge in [0.1, 0.15) is 0 Å². The lowest BCUT2D eigenvalue weighted by molar-refractivity contribution is 0.0846. The zero-order valence-electron chi connectivity index (χ0n) is 11.4. The van der Waals surface area contributed by atoms with E-state index in [0.717, 1.165) is 11.1 Å². The monoisotopic (exact) mass is 268 g/mol. The van der Waals surface area contributed by atoms with Crippen LogP contribution in [0, 0.1) is 13.8 Å². The van der Waals surface area contributed by atoms with Crippen molar-refractivity contribution in [3.8, 4) is 0 Å². The Labute approximate surface area is 117 Å². The van der Waals surface area contributed by atoms with Gasteiger partial charge in [-0.05, 0) is 37.1 Å². The van der Waals surface area contributed by atoms with Gasteiger partial charge in [-0.1, -0.05) is 36.4 Å². The molecule has 0 bridgehead atoms. The van der Waals surface area contributed by atoms with E-state index in [1.807, 2.05) is 38.1 Å². The van der Waals surface area contributed by atoms with Crippen molar-refractivity contribution in [2.24, 2.45) is 0 Å². The highest BCUT2D eigenvalue weighted by molar-refractivity contribution is 6.00. The average molecular weight is 268 g/mol. The second-order valence-corrected chi connectivity index (χ2v) is 4.54. The Morgan fingerprint density at radius 1 is 0.700 bits per heavy atom. The van der Waals surface area contributed by atoms with E-state index in [0.29, 0.717) is 11.1 Å². The maximum atomic E-state index is 12.0. The molecule has 102 valence electrons. The van der Waals surface area contributed by atoms with E-state index in [1.165, 1.54) is 0 Å². The third-order valence-corrected chi connectivity index (χ3v) is 3.07.